The van der Waals surface area contributed by atoms with E-state index in [1.165, 1.54) is 0 Å². The van der Waals surface area contributed by atoms with Gasteiger partial charge < -0.3 is 0 Å². The Morgan fingerprint density at radius 1 is 1.50 bits per heavy atom. The molecule has 0 amide bonds. The summed E-state index contributed by atoms with van der Waals surface area (Å²) in [5.74, 6) is 5.14. The molecule has 0 aliphatic heterocycles. The predicted molar refractivity (Wildman–Crippen MR) is 54.5 cm³/mol. The highest BCUT2D eigenvalue weighted by Crippen LogP contribution is 1.98. The van der Waals surface area contributed by atoms with E-state index in [1.54, 1.807) is 6.20 Å². The van der Waals surface area contributed by atoms with Gasteiger partial charge in [0.15, 0.2) is 0 Å². The third-order valence-corrected chi connectivity index (χ3v) is 1.27. The molecule has 3 nitrogen and oxygen atoms in total. The lowest BCUT2D eigenvalue weighted by molar-refractivity contribution is 0.739. The Balaban J connectivity index is 0. The largest absolute Gasteiger partial charge is 0.271 e. The Morgan fingerprint density at radius 2 is 2.17 bits per heavy atom. The normalized spacial score (nSPS) is 8.17. The molecule has 0 aromatic carbocycles. The van der Waals surface area contributed by atoms with Crippen LogP contribution in [0, 0.1) is 6.92 Å². The minimum atomic E-state index is 0. The van der Waals surface area contributed by atoms with E-state index in [0.29, 0.717) is 6.54 Å². The van der Waals surface area contributed by atoms with Gasteiger partial charge >= 0.3 is 0 Å². The van der Waals surface area contributed by atoms with E-state index in [9.17, 15) is 0 Å². The standard InChI is InChI=1S/C7H11N3.2ClH/c1-6-4-7(5-10-8)2-3-9-6;;/h2-4,10H,5,8H2,1H3;2*1H. The number of hydrogen-bond acceptors (Lipinski definition) is 3. The molecule has 0 aliphatic rings. The van der Waals surface area contributed by atoms with Crippen LogP contribution >= 0.6 is 24.8 Å². The van der Waals surface area contributed by atoms with Crippen molar-refractivity contribution >= 4 is 24.8 Å². The molecule has 0 bridgehead atoms. The molecule has 70 valence electrons. The summed E-state index contributed by atoms with van der Waals surface area (Å²) in [5.41, 5.74) is 4.77. The van der Waals surface area contributed by atoms with Gasteiger partial charge in [-0.15, -0.1) is 24.8 Å². The molecule has 1 aromatic rings. The van der Waals surface area contributed by atoms with Crippen LogP contribution in [-0.4, -0.2) is 4.98 Å². The zero-order valence-electron chi connectivity index (χ0n) is 6.78. The van der Waals surface area contributed by atoms with E-state index in [1.807, 2.05) is 19.1 Å². The summed E-state index contributed by atoms with van der Waals surface area (Å²) in [5, 5.41) is 0. The van der Waals surface area contributed by atoms with Crippen molar-refractivity contribution in [1.29, 1.82) is 0 Å². The van der Waals surface area contributed by atoms with Crippen molar-refractivity contribution in [2.75, 3.05) is 0 Å². The second kappa shape index (κ2) is 7.31. The van der Waals surface area contributed by atoms with Crippen LogP contribution in [0.3, 0.4) is 0 Å². The molecular weight excluding hydrogens is 197 g/mol. The van der Waals surface area contributed by atoms with Gasteiger partial charge in [0, 0.05) is 18.4 Å². The molecule has 1 aromatic heterocycles. The summed E-state index contributed by atoms with van der Waals surface area (Å²) in [6.45, 7) is 2.66. The lowest BCUT2D eigenvalue weighted by atomic mass is 10.2. The molecule has 0 aliphatic carbocycles. The molecule has 0 fully saturated rings. The molecule has 0 saturated heterocycles. The van der Waals surface area contributed by atoms with Crippen LogP contribution in [0.4, 0.5) is 0 Å². The van der Waals surface area contributed by atoms with Gasteiger partial charge in [0.05, 0.1) is 0 Å². The van der Waals surface area contributed by atoms with Gasteiger partial charge in [-0.25, -0.2) is 0 Å². The Labute approximate surface area is 84.5 Å². The number of hydrogen-bond donors (Lipinski definition) is 2. The fourth-order valence-electron chi connectivity index (χ4n) is 0.832. The number of hydrazine groups is 1. The SMILES string of the molecule is Cc1cc(CNN)ccn1.Cl.Cl. The molecule has 0 saturated carbocycles. The number of aryl methyl sites for hydroxylation is 1. The van der Waals surface area contributed by atoms with E-state index in [4.69, 9.17) is 5.84 Å². The maximum absolute atomic E-state index is 5.14. The Morgan fingerprint density at radius 3 is 2.67 bits per heavy atom. The van der Waals surface area contributed by atoms with Gasteiger partial charge in [-0.3, -0.25) is 16.3 Å². The third kappa shape index (κ3) is 4.51. The van der Waals surface area contributed by atoms with E-state index in [2.05, 4.69) is 10.4 Å². The van der Waals surface area contributed by atoms with Gasteiger partial charge in [0.2, 0.25) is 0 Å². The molecule has 1 heterocycles. The Hall–Kier alpha value is -0.350. The van der Waals surface area contributed by atoms with Crippen LogP contribution < -0.4 is 11.3 Å². The second-order valence-electron chi connectivity index (χ2n) is 2.19. The minimum absolute atomic E-state index is 0. The van der Waals surface area contributed by atoms with Gasteiger partial charge in [-0.05, 0) is 24.6 Å². The lowest BCUT2D eigenvalue weighted by Crippen LogP contribution is -2.20. The smallest absolute Gasteiger partial charge is 0.0375 e. The quantitative estimate of drug-likeness (QED) is 0.569. The maximum atomic E-state index is 5.14. The van der Waals surface area contributed by atoms with Crippen molar-refractivity contribution < 1.29 is 0 Å². The first-order valence-corrected chi connectivity index (χ1v) is 3.18. The number of pyridine rings is 1. The van der Waals surface area contributed by atoms with Gasteiger partial charge in [0.25, 0.3) is 0 Å². The molecule has 0 unspecified atom stereocenters. The zero-order chi connectivity index (χ0) is 7.40. The van der Waals surface area contributed by atoms with Crippen molar-refractivity contribution in [1.82, 2.24) is 10.4 Å². The molecular formula is C7H13Cl2N3. The highest BCUT2D eigenvalue weighted by molar-refractivity contribution is 5.85. The van der Waals surface area contributed by atoms with Crippen LogP contribution in [0.2, 0.25) is 0 Å². The molecule has 1 rings (SSSR count). The van der Waals surface area contributed by atoms with E-state index in [0.717, 1.165) is 11.3 Å². The summed E-state index contributed by atoms with van der Waals surface area (Å²) in [6, 6.07) is 3.94. The summed E-state index contributed by atoms with van der Waals surface area (Å²) < 4.78 is 0. The number of rotatable bonds is 2. The number of halogens is 2. The van der Waals surface area contributed by atoms with Crippen LogP contribution in [-0.2, 0) is 6.54 Å². The zero-order valence-corrected chi connectivity index (χ0v) is 8.41. The minimum Gasteiger partial charge on any atom is -0.271 e. The average Bonchev–Trinajstić information content (AvgIpc) is 1.88. The van der Waals surface area contributed by atoms with E-state index < -0.39 is 0 Å². The second-order valence-corrected chi connectivity index (χ2v) is 2.19. The molecule has 0 spiro atoms. The number of nitrogens with one attached hydrogen (secondary N) is 1. The molecule has 0 atom stereocenters. The highest BCUT2D eigenvalue weighted by Gasteiger charge is 1.89. The van der Waals surface area contributed by atoms with Gasteiger partial charge in [-0.1, -0.05) is 0 Å². The fourth-order valence-corrected chi connectivity index (χ4v) is 0.832. The third-order valence-electron chi connectivity index (χ3n) is 1.27. The molecule has 12 heavy (non-hydrogen) atoms. The number of nitrogens with zero attached hydrogens (tertiary/aromatic N) is 1. The molecule has 5 heteroatoms. The van der Waals surface area contributed by atoms with Crippen LogP contribution in [0.1, 0.15) is 11.3 Å². The first-order chi connectivity index (χ1) is 4.83. The van der Waals surface area contributed by atoms with Crippen LogP contribution in [0.25, 0.3) is 0 Å². The summed E-state index contributed by atoms with van der Waals surface area (Å²) in [7, 11) is 0. The van der Waals surface area contributed by atoms with Crippen molar-refractivity contribution in [2.24, 2.45) is 5.84 Å². The number of nitrogens with two attached hydrogens (primary N) is 1. The van der Waals surface area contributed by atoms with Crippen molar-refractivity contribution in [3.63, 3.8) is 0 Å². The van der Waals surface area contributed by atoms with Gasteiger partial charge in [-0.2, -0.15) is 0 Å². The molecule has 3 N–H and O–H groups in total. The monoisotopic (exact) mass is 209 g/mol. The van der Waals surface area contributed by atoms with Gasteiger partial charge in [0.1, 0.15) is 0 Å². The summed E-state index contributed by atoms with van der Waals surface area (Å²) >= 11 is 0. The topological polar surface area (TPSA) is 50.9 Å². The lowest BCUT2D eigenvalue weighted by Gasteiger charge is -1.98. The van der Waals surface area contributed by atoms with E-state index in [-0.39, 0.29) is 24.8 Å². The van der Waals surface area contributed by atoms with Crippen molar-refractivity contribution in [3.8, 4) is 0 Å². The Kier molecular flexibility index (Phi) is 8.64. The Bertz CT molecular complexity index is 218. The first-order valence-electron chi connectivity index (χ1n) is 3.18. The summed E-state index contributed by atoms with van der Waals surface area (Å²) in [4.78, 5) is 4.05. The van der Waals surface area contributed by atoms with Crippen LogP contribution in [0.5, 0.6) is 0 Å². The van der Waals surface area contributed by atoms with Crippen LogP contribution in [0.15, 0.2) is 18.3 Å². The predicted octanol–water partition coefficient (Wildman–Crippen LogP) is 1.20. The average molecular weight is 210 g/mol. The fraction of sp³-hybridized carbons (Fsp3) is 0.286. The summed E-state index contributed by atoms with van der Waals surface area (Å²) in [6.07, 6.45) is 1.78. The van der Waals surface area contributed by atoms with Crippen molar-refractivity contribution in [3.05, 3.63) is 29.6 Å². The first kappa shape index (κ1) is 14.2. The highest BCUT2D eigenvalue weighted by atomic mass is 35.5. The van der Waals surface area contributed by atoms with Crippen molar-refractivity contribution in [2.45, 2.75) is 13.5 Å². The number of aromatic nitrogens is 1. The van der Waals surface area contributed by atoms with E-state index >= 15 is 0 Å². The molecule has 0 radical (unpaired) electrons. The maximum Gasteiger partial charge on any atom is 0.0375 e.